The lowest BCUT2D eigenvalue weighted by atomic mass is 9.92. The molecule has 1 fully saturated rings. The van der Waals surface area contributed by atoms with Gasteiger partial charge >= 0.3 is 17.9 Å². The highest BCUT2D eigenvalue weighted by Crippen LogP contribution is 2.51. The molecule has 0 saturated carbocycles. The highest BCUT2D eigenvalue weighted by molar-refractivity contribution is 6.07. The number of hydrogen-bond acceptors (Lipinski definition) is 10. The normalized spacial score (nSPS) is 20.1. The van der Waals surface area contributed by atoms with E-state index in [0.29, 0.717) is 10.9 Å². The molecule has 4 aromatic carbocycles. The van der Waals surface area contributed by atoms with E-state index in [4.69, 9.17) is 18.9 Å². The van der Waals surface area contributed by atoms with Crippen molar-refractivity contribution in [1.29, 1.82) is 0 Å². The Labute approximate surface area is 313 Å². The number of esters is 3. The summed E-state index contributed by atoms with van der Waals surface area (Å²) in [5.74, 6) is -0.887. The maximum absolute atomic E-state index is 17.9. The summed E-state index contributed by atoms with van der Waals surface area (Å²) < 4.78 is 42.9. The van der Waals surface area contributed by atoms with Gasteiger partial charge in [-0.25, -0.2) is 28.7 Å². The SMILES string of the molecule is CC#C[C@]1(OC(=O)c2ccccc2)C(n2ccc3c(NC(=O)c4ccccc4)ncnc32)O[C@](F)(COC(=O)c2ccccc2)[C@H]1OC(=O)c1ccccc1. The number of carbonyl (C=O) groups is 4. The summed E-state index contributed by atoms with van der Waals surface area (Å²) in [6.07, 6.45) is -1.29. The Balaban J connectivity index is 1.36. The molecule has 1 saturated heterocycles. The number of nitrogens with zero attached hydrogens (tertiary/aromatic N) is 3. The van der Waals surface area contributed by atoms with Crippen molar-refractivity contribution in [2.75, 3.05) is 11.9 Å². The molecule has 0 aliphatic carbocycles. The average molecular weight is 739 g/mol. The fraction of sp³-hybridized carbons (Fsp3) is 0.143. The van der Waals surface area contributed by atoms with Crippen LogP contribution in [0.5, 0.6) is 0 Å². The van der Waals surface area contributed by atoms with Gasteiger partial charge in [0.05, 0.1) is 22.1 Å². The zero-order valence-corrected chi connectivity index (χ0v) is 29.1. The summed E-state index contributed by atoms with van der Waals surface area (Å²) >= 11 is 0. The predicted octanol–water partition coefficient (Wildman–Crippen LogP) is 6.58. The number of hydrogen-bond donors (Lipinski definition) is 1. The topological polar surface area (TPSA) is 148 Å². The van der Waals surface area contributed by atoms with Crippen molar-refractivity contribution in [3.8, 4) is 11.8 Å². The van der Waals surface area contributed by atoms with E-state index in [1.54, 1.807) is 91.0 Å². The summed E-state index contributed by atoms with van der Waals surface area (Å²) in [6.45, 7) is 0.304. The Morgan fingerprint density at radius 3 is 1.89 bits per heavy atom. The highest BCUT2D eigenvalue weighted by Gasteiger charge is 2.71. The summed E-state index contributed by atoms with van der Waals surface area (Å²) in [7, 11) is 0. The smallest absolute Gasteiger partial charge is 0.339 e. The monoisotopic (exact) mass is 738 g/mol. The van der Waals surface area contributed by atoms with Crippen LogP contribution < -0.4 is 5.32 Å². The minimum atomic E-state index is -3.19. The van der Waals surface area contributed by atoms with Crippen molar-refractivity contribution in [2.24, 2.45) is 0 Å². The van der Waals surface area contributed by atoms with E-state index >= 15 is 4.39 Å². The second-order valence-electron chi connectivity index (χ2n) is 12.3. The number of carbonyl (C=O) groups excluding carboxylic acids is 4. The number of ether oxygens (including phenoxy) is 4. The number of anilines is 1. The van der Waals surface area contributed by atoms with E-state index < -0.39 is 54.2 Å². The Morgan fingerprint density at radius 1 is 0.764 bits per heavy atom. The van der Waals surface area contributed by atoms with Gasteiger partial charge in [-0.1, -0.05) is 72.8 Å². The van der Waals surface area contributed by atoms with Gasteiger partial charge < -0.3 is 28.8 Å². The second-order valence-corrected chi connectivity index (χ2v) is 12.3. The molecule has 7 rings (SSSR count). The first kappa shape index (κ1) is 36.2. The fourth-order valence-corrected chi connectivity index (χ4v) is 6.17. The third kappa shape index (κ3) is 7.26. The molecular weight excluding hydrogens is 707 g/mol. The number of halogens is 1. The first-order valence-corrected chi connectivity index (χ1v) is 17.0. The van der Waals surface area contributed by atoms with E-state index in [1.165, 1.54) is 60.4 Å². The first-order valence-electron chi connectivity index (χ1n) is 17.0. The molecule has 0 bridgehead atoms. The van der Waals surface area contributed by atoms with Gasteiger partial charge in [0, 0.05) is 11.8 Å². The first-order chi connectivity index (χ1) is 26.7. The maximum Gasteiger partial charge on any atom is 0.339 e. The van der Waals surface area contributed by atoms with E-state index in [-0.39, 0.29) is 28.2 Å². The molecule has 1 amide bonds. The van der Waals surface area contributed by atoms with E-state index in [2.05, 4.69) is 27.1 Å². The lowest BCUT2D eigenvalue weighted by Gasteiger charge is -2.34. The second kappa shape index (κ2) is 15.4. The standard InChI is InChI=1S/C42H31FN4O8/c1-2-24-41(54-38(51)31-21-13-6-14-22-31)39(53-37(50)30-19-11-5-12-20-30)42(43,26-52-36(49)29-17-9-4-10-18-29)55-40(41)47-25-23-32-33(44-27-45-34(32)47)46-35(48)28-15-7-3-8-16-28/h3-23,25,27,39-40H,26H2,1H3,(H,44,45,46,48)/t39-,40?,41+,42+/m0/s1. The number of amides is 1. The minimum Gasteiger partial charge on any atom is -0.456 e. The summed E-state index contributed by atoms with van der Waals surface area (Å²) in [5, 5.41) is 3.06. The van der Waals surface area contributed by atoms with Crippen molar-refractivity contribution in [2.45, 2.75) is 30.7 Å². The molecule has 13 heteroatoms. The van der Waals surface area contributed by atoms with Gasteiger partial charge in [0.2, 0.25) is 6.10 Å². The lowest BCUT2D eigenvalue weighted by Crippen LogP contribution is -2.55. The van der Waals surface area contributed by atoms with Gasteiger partial charge in [-0.15, -0.1) is 5.92 Å². The predicted molar refractivity (Wildman–Crippen MR) is 196 cm³/mol. The molecule has 1 N–H and O–H groups in total. The van der Waals surface area contributed by atoms with Crippen molar-refractivity contribution in [3.05, 3.63) is 162 Å². The van der Waals surface area contributed by atoms with Gasteiger partial charge in [0.1, 0.15) is 17.8 Å². The number of aromatic nitrogens is 3. The average Bonchev–Trinajstić information content (AvgIpc) is 3.75. The van der Waals surface area contributed by atoms with E-state index in [0.717, 1.165) is 0 Å². The highest BCUT2D eigenvalue weighted by atomic mass is 19.2. The fourth-order valence-electron chi connectivity index (χ4n) is 6.17. The van der Waals surface area contributed by atoms with E-state index in [9.17, 15) is 19.2 Å². The van der Waals surface area contributed by atoms with Crippen LogP contribution in [0.25, 0.3) is 11.0 Å². The summed E-state index contributed by atoms with van der Waals surface area (Å²) in [6, 6.07) is 33.5. The van der Waals surface area contributed by atoms with Gasteiger partial charge in [0.15, 0.2) is 12.8 Å². The molecule has 3 heterocycles. The third-order valence-electron chi connectivity index (χ3n) is 8.72. The van der Waals surface area contributed by atoms with Gasteiger partial charge in [0.25, 0.3) is 17.4 Å². The van der Waals surface area contributed by atoms with Crippen LogP contribution in [-0.2, 0) is 18.9 Å². The molecule has 0 spiro atoms. The molecule has 1 aliphatic rings. The molecular formula is C42H31FN4O8. The largest absolute Gasteiger partial charge is 0.456 e. The van der Waals surface area contributed by atoms with E-state index in [1.807, 2.05) is 0 Å². The van der Waals surface area contributed by atoms with Crippen LogP contribution in [0.4, 0.5) is 10.2 Å². The quantitative estimate of drug-likeness (QED) is 0.0929. The molecule has 2 aromatic heterocycles. The molecule has 274 valence electrons. The van der Waals surface area contributed by atoms with Crippen molar-refractivity contribution in [3.63, 3.8) is 0 Å². The van der Waals surface area contributed by atoms with Crippen LogP contribution in [0.15, 0.2) is 140 Å². The zero-order chi connectivity index (χ0) is 38.4. The Kier molecular flexibility index (Phi) is 10.2. The minimum absolute atomic E-state index is 0.0419. The molecule has 1 aliphatic heterocycles. The van der Waals surface area contributed by atoms with Crippen LogP contribution in [0.2, 0.25) is 0 Å². The van der Waals surface area contributed by atoms with Gasteiger partial charge in [-0.2, -0.15) is 0 Å². The van der Waals surface area contributed by atoms with Crippen LogP contribution in [0.3, 0.4) is 0 Å². The lowest BCUT2D eigenvalue weighted by molar-refractivity contribution is -0.206. The van der Waals surface area contributed by atoms with Crippen molar-refractivity contribution >= 4 is 40.7 Å². The molecule has 0 radical (unpaired) electrons. The molecule has 4 atom stereocenters. The van der Waals surface area contributed by atoms with Crippen LogP contribution in [-0.4, -0.2) is 62.5 Å². The van der Waals surface area contributed by atoms with Gasteiger partial charge in [-0.05, 0) is 67.4 Å². The molecule has 12 nitrogen and oxygen atoms in total. The molecule has 6 aromatic rings. The molecule has 55 heavy (non-hydrogen) atoms. The number of fused-ring (bicyclic) bond motifs is 1. The van der Waals surface area contributed by atoms with Gasteiger partial charge in [-0.3, -0.25) is 4.79 Å². The van der Waals surface area contributed by atoms with Crippen LogP contribution >= 0.6 is 0 Å². The number of alkyl halides is 1. The van der Waals surface area contributed by atoms with Crippen LogP contribution in [0, 0.1) is 11.8 Å². The third-order valence-corrected chi connectivity index (χ3v) is 8.72. The maximum atomic E-state index is 17.9. The van der Waals surface area contributed by atoms with Crippen molar-refractivity contribution in [1.82, 2.24) is 14.5 Å². The Morgan fingerprint density at radius 2 is 1.31 bits per heavy atom. The Hall–Kier alpha value is -7.17. The number of rotatable bonds is 10. The molecule has 1 unspecified atom stereocenters. The summed E-state index contributed by atoms with van der Waals surface area (Å²) in [5.41, 5.74) is -1.76. The van der Waals surface area contributed by atoms with Crippen LogP contribution in [0.1, 0.15) is 54.6 Å². The van der Waals surface area contributed by atoms with Crippen molar-refractivity contribution < 1.29 is 42.5 Å². The summed E-state index contributed by atoms with van der Waals surface area (Å²) in [4.78, 5) is 62.6. The Bertz CT molecular complexity index is 2420. The number of benzene rings is 4. The number of nitrogens with one attached hydrogen (secondary N) is 1. The zero-order valence-electron chi connectivity index (χ0n) is 29.1.